The number of aliphatic hydroxyl groups excluding tert-OH is 1. The van der Waals surface area contributed by atoms with Gasteiger partial charge in [-0.1, -0.05) is 31.0 Å². The summed E-state index contributed by atoms with van der Waals surface area (Å²) < 4.78 is 5.22. The fraction of sp³-hybridized carbons (Fsp3) is 0.389. The van der Waals surface area contributed by atoms with Gasteiger partial charge in [-0.15, -0.1) is 0 Å². The molecule has 0 spiro atoms. The molecule has 1 unspecified atom stereocenters. The van der Waals surface area contributed by atoms with E-state index in [0.717, 1.165) is 47.8 Å². The van der Waals surface area contributed by atoms with Crippen molar-refractivity contribution in [1.29, 1.82) is 5.26 Å². The molecule has 2 aromatic rings. The second kappa shape index (κ2) is 5.38. The standard InChI is InChI=1S/C18H19NO2/c1-21-16-7-6-13-10-15(5-4-14(13)11-16)17(20)18(12-19)8-2-3-9-18/h4-7,10-11,17,20H,2-3,8-9H2,1H3. The molecule has 1 aliphatic carbocycles. The molecule has 108 valence electrons. The van der Waals surface area contributed by atoms with Gasteiger partial charge in [0.05, 0.1) is 24.7 Å². The molecule has 1 aliphatic rings. The summed E-state index contributed by atoms with van der Waals surface area (Å²) in [6, 6.07) is 14.1. The van der Waals surface area contributed by atoms with Crippen molar-refractivity contribution in [3.05, 3.63) is 42.0 Å². The fourth-order valence-corrected chi connectivity index (χ4v) is 3.31. The summed E-state index contributed by atoms with van der Waals surface area (Å²) >= 11 is 0. The van der Waals surface area contributed by atoms with E-state index in [2.05, 4.69) is 6.07 Å². The average Bonchev–Trinajstić information content (AvgIpc) is 3.03. The number of methoxy groups -OCH3 is 1. The van der Waals surface area contributed by atoms with Crippen molar-refractivity contribution in [3.8, 4) is 11.8 Å². The lowest BCUT2D eigenvalue weighted by Crippen LogP contribution is -2.23. The van der Waals surface area contributed by atoms with Gasteiger partial charge in [-0.25, -0.2) is 0 Å². The van der Waals surface area contributed by atoms with Crippen molar-refractivity contribution >= 4 is 10.8 Å². The molecule has 0 bridgehead atoms. The topological polar surface area (TPSA) is 53.2 Å². The highest BCUT2D eigenvalue weighted by atomic mass is 16.5. The third-order valence-corrected chi connectivity index (χ3v) is 4.63. The molecule has 2 aromatic carbocycles. The molecule has 1 saturated carbocycles. The third-order valence-electron chi connectivity index (χ3n) is 4.63. The summed E-state index contributed by atoms with van der Waals surface area (Å²) in [5.74, 6) is 0.820. The van der Waals surface area contributed by atoms with E-state index < -0.39 is 11.5 Å². The highest BCUT2D eigenvalue weighted by molar-refractivity contribution is 5.84. The first-order valence-electron chi connectivity index (χ1n) is 7.35. The maximum absolute atomic E-state index is 10.7. The first-order chi connectivity index (χ1) is 10.2. The minimum absolute atomic E-state index is 0.611. The van der Waals surface area contributed by atoms with Crippen LogP contribution in [0.15, 0.2) is 36.4 Å². The molecule has 0 saturated heterocycles. The molecule has 0 amide bonds. The van der Waals surface area contributed by atoms with Gasteiger partial charge in [0.1, 0.15) is 5.75 Å². The second-order valence-electron chi connectivity index (χ2n) is 5.85. The lowest BCUT2D eigenvalue weighted by atomic mass is 9.78. The highest BCUT2D eigenvalue weighted by Crippen LogP contribution is 2.47. The normalized spacial score (nSPS) is 18.3. The molecule has 1 fully saturated rings. The zero-order valence-electron chi connectivity index (χ0n) is 12.2. The van der Waals surface area contributed by atoms with Crippen LogP contribution in [0.3, 0.4) is 0 Å². The number of nitrogens with zero attached hydrogens (tertiary/aromatic N) is 1. The van der Waals surface area contributed by atoms with Crippen molar-refractivity contribution < 1.29 is 9.84 Å². The molecule has 21 heavy (non-hydrogen) atoms. The first kappa shape index (κ1) is 13.9. The van der Waals surface area contributed by atoms with E-state index in [1.807, 2.05) is 36.4 Å². The van der Waals surface area contributed by atoms with Crippen LogP contribution in [-0.2, 0) is 0 Å². The van der Waals surface area contributed by atoms with Crippen LogP contribution in [0.5, 0.6) is 5.75 Å². The molecule has 0 heterocycles. The molecule has 0 aromatic heterocycles. The summed E-state index contributed by atoms with van der Waals surface area (Å²) in [5.41, 5.74) is 0.219. The van der Waals surface area contributed by atoms with Gasteiger partial charge in [-0.2, -0.15) is 5.26 Å². The van der Waals surface area contributed by atoms with Crippen LogP contribution in [0, 0.1) is 16.7 Å². The minimum Gasteiger partial charge on any atom is -0.497 e. The van der Waals surface area contributed by atoms with E-state index in [0.29, 0.717) is 0 Å². The van der Waals surface area contributed by atoms with E-state index in [4.69, 9.17) is 4.74 Å². The fourth-order valence-electron chi connectivity index (χ4n) is 3.31. The van der Waals surface area contributed by atoms with Crippen LogP contribution in [0.2, 0.25) is 0 Å². The number of aliphatic hydroxyl groups is 1. The summed E-state index contributed by atoms with van der Waals surface area (Å²) in [4.78, 5) is 0. The largest absolute Gasteiger partial charge is 0.497 e. The van der Waals surface area contributed by atoms with Crippen LogP contribution in [-0.4, -0.2) is 12.2 Å². The molecule has 3 nitrogen and oxygen atoms in total. The molecular weight excluding hydrogens is 262 g/mol. The molecule has 3 heteroatoms. The van der Waals surface area contributed by atoms with Gasteiger partial charge in [-0.3, -0.25) is 0 Å². The highest BCUT2D eigenvalue weighted by Gasteiger charge is 2.41. The minimum atomic E-state index is -0.712. The summed E-state index contributed by atoms with van der Waals surface area (Å²) in [6.07, 6.45) is 2.90. The summed E-state index contributed by atoms with van der Waals surface area (Å²) in [7, 11) is 1.65. The number of fused-ring (bicyclic) bond motifs is 1. The maximum atomic E-state index is 10.7. The number of hydrogen-bond acceptors (Lipinski definition) is 3. The Bertz CT molecular complexity index is 696. The quantitative estimate of drug-likeness (QED) is 0.926. The smallest absolute Gasteiger partial charge is 0.119 e. The molecule has 1 atom stereocenters. The number of ether oxygens (including phenoxy) is 1. The Kier molecular flexibility index (Phi) is 3.57. The Morgan fingerprint density at radius 3 is 2.48 bits per heavy atom. The van der Waals surface area contributed by atoms with Crippen LogP contribution in [0.25, 0.3) is 10.8 Å². The van der Waals surface area contributed by atoms with Gasteiger partial charge < -0.3 is 9.84 Å². The lowest BCUT2D eigenvalue weighted by molar-refractivity contribution is 0.0672. The van der Waals surface area contributed by atoms with Crippen LogP contribution >= 0.6 is 0 Å². The lowest BCUT2D eigenvalue weighted by Gasteiger charge is -2.27. The number of nitriles is 1. The van der Waals surface area contributed by atoms with Crippen molar-refractivity contribution in [3.63, 3.8) is 0 Å². The summed E-state index contributed by atoms with van der Waals surface area (Å²) in [6.45, 7) is 0. The van der Waals surface area contributed by atoms with E-state index in [-0.39, 0.29) is 0 Å². The van der Waals surface area contributed by atoms with Crippen LogP contribution in [0.4, 0.5) is 0 Å². The van der Waals surface area contributed by atoms with Crippen LogP contribution < -0.4 is 4.74 Å². The van der Waals surface area contributed by atoms with E-state index in [1.54, 1.807) is 7.11 Å². The molecule has 0 aliphatic heterocycles. The Balaban J connectivity index is 1.99. The summed E-state index contributed by atoms with van der Waals surface area (Å²) in [5, 5.41) is 22.3. The Labute approximate surface area is 124 Å². The molecule has 0 radical (unpaired) electrons. The molecule has 1 N–H and O–H groups in total. The van der Waals surface area contributed by atoms with Gasteiger partial charge in [0, 0.05) is 0 Å². The molecule has 3 rings (SSSR count). The van der Waals surface area contributed by atoms with Crippen molar-refractivity contribution in [2.75, 3.05) is 7.11 Å². The zero-order chi connectivity index (χ0) is 14.9. The first-order valence-corrected chi connectivity index (χ1v) is 7.35. The number of benzene rings is 2. The van der Waals surface area contributed by atoms with Gasteiger partial charge >= 0.3 is 0 Å². The van der Waals surface area contributed by atoms with E-state index in [1.165, 1.54) is 0 Å². The average molecular weight is 281 g/mol. The number of rotatable bonds is 3. The van der Waals surface area contributed by atoms with Gasteiger partial charge in [0.2, 0.25) is 0 Å². The van der Waals surface area contributed by atoms with Crippen molar-refractivity contribution in [2.45, 2.75) is 31.8 Å². The van der Waals surface area contributed by atoms with E-state index in [9.17, 15) is 10.4 Å². The van der Waals surface area contributed by atoms with Gasteiger partial charge in [0.15, 0.2) is 0 Å². The Morgan fingerprint density at radius 2 is 1.81 bits per heavy atom. The Hall–Kier alpha value is -2.05. The monoisotopic (exact) mass is 281 g/mol. The zero-order valence-corrected chi connectivity index (χ0v) is 12.2. The predicted octanol–water partition coefficient (Wildman–Crippen LogP) is 3.97. The van der Waals surface area contributed by atoms with Gasteiger partial charge in [0.25, 0.3) is 0 Å². The second-order valence-corrected chi connectivity index (χ2v) is 5.85. The number of hydrogen-bond donors (Lipinski definition) is 1. The molecular formula is C18H19NO2. The van der Waals surface area contributed by atoms with E-state index >= 15 is 0 Å². The Morgan fingerprint density at radius 1 is 1.14 bits per heavy atom. The predicted molar refractivity (Wildman–Crippen MR) is 82.0 cm³/mol. The van der Waals surface area contributed by atoms with Gasteiger partial charge in [-0.05, 0) is 47.4 Å². The van der Waals surface area contributed by atoms with Crippen LogP contribution in [0.1, 0.15) is 37.4 Å². The van der Waals surface area contributed by atoms with Crippen molar-refractivity contribution in [1.82, 2.24) is 0 Å². The SMILES string of the molecule is COc1ccc2cc(C(O)C3(C#N)CCCC3)ccc2c1. The third kappa shape index (κ3) is 2.36. The van der Waals surface area contributed by atoms with Crippen molar-refractivity contribution in [2.24, 2.45) is 5.41 Å². The maximum Gasteiger partial charge on any atom is 0.119 e.